The summed E-state index contributed by atoms with van der Waals surface area (Å²) in [6, 6.07) is 0.259. The topological polar surface area (TPSA) is 64.4 Å². The zero-order valence-corrected chi connectivity index (χ0v) is 16.9. The molecule has 2 aromatic rings. The lowest BCUT2D eigenvalue weighted by atomic mass is 9.97. The van der Waals surface area contributed by atoms with E-state index in [1.807, 2.05) is 9.47 Å². The first kappa shape index (κ1) is 17.7. The van der Waals surface area contributed by atoms with E-state index in [9.17, 15) is 9.59 Å². The van der Waals surface area contributed by atoms with Crippen LogP contribution in [0.5, 0.6) is 0 Å². The number of carbonyl (C=O) groups is 1. The number of hydrogen-bond acceptors (Lipinski definition) is 6. The number of aryl methyl sites for hydroxylation is 2. The summed E-state index contributed by atoms with van der Waals surface area (Å²) < 4.78 is 7.19. The second-order valence-electron chi connectivity index (χ2n) is 7.47. The number of aromatic nitrogens is 2. The molecule has 2 fully saturated rings. The number of thiophene rings is 1. The fraction of sp³-hybridized carbons (Fsp3) is 0.632. The van der Waals surface area contributed by atoms with Gasteiger partial charge in [-0.1, -0.05) is 11.8 Å². The molecule has 6 nitrogen and oxygen atoms in total. The molecule has 0 radical (unpaired) electrons. The lowest BCUT2D eigenvalue weighted by molar-refractivity contribution is -0.132. The maximum atomic E-state index is 13.3. The highest BCUT2D eigenvalue weighted by Crippen LogP contribution is 2.39. The number of carbonyl (C=O) groups excluding carboxylic acids is 1. The van der Waals surface area contributed by atoms with Crippen molar-refractivity contribution in [3.05, 3.63) is 20.8 Å². The van der Waals surface area contributed by atoms with Crippen molar-refractivity contribution in [3.8, 4) is 0 Å². The van der Waals surface area contributed by atoms with Gasteiger partial charge in [0.15, 0.2) is 5.16 Å². The van der Waals surface area contributed by atoms with Crippen molar-refractivity contribution in [1.29, 1.82) is 0 Å². The molecule has 0 bridgehead atoms. The van der Waals surface area contributed by atoms with Crippen molar-refractivity contribution < 1.29 is 9.53 Å². The third-order valence-corrected chi connectivity index (χ3v) is 7.71. The number of amides is 1. The molecule has 1 amide bonds. The Morgan fingerprint density at radius 3 is 2.78 bits per heavy atom. The van der Waals surface area contributed by atoms with Crippen molar-refractivity contribution >= 4 is 39.2 Å². The fourth-order valence-corrected chi connectivity index (χ4v) is 6.26. The molecule has 27 heavy (non-hydrogen) atoms. The monoisotopic (exact) mass is 405 g/mol. The zero-order chi connectivity index (χ0) is 18.4. The van der Waals surface area contributed by atoms with E-state index in [1.165, 1.54) is 28.6 Å². The molecule has 8 heteroatoms. The Balaban J connectivity index is 1.47. The van der Waals surface area contributed by atoms with Crippen molar-refractivity contribution in [2.24, 2.45) is 0 Å². The van der Waals surface area contributed by atoms with Gasteiger partial charge in [-0.3, -0.25) is 14.2 Å². The van der Waals surface area contributed by atoms with Crippen molar-refractivity contribution in [2.45, 2.75) is 49.7 Å². The molecular weight excluding hydrogens is 382 g/mol. The summed E-state index contributed by atoms with van der Waals surface area (Å²) >= 11 is 3.10. The highest BCUT2D eigenvalue weighted by atomic mass is 32.2. The van der Waals surface area contributed by atoms with Crippen LogP contribution in [0.1, 0.15) is 42.2 Å². The summed E-state index contributed by atoms with van der Waals surface area (Å²) in [5.41, 5.74) is 1.36. The molecular formula is C19H23N3O3S2. The quantitative estimate of drug-likeness (QED) is 0.578. The third kappa shape index (κ3) is 3.32. The van der Waals surface area contributed by atoms with E-state index in [1.54, 1.807) is 11.3 Å². The van der Waals surface area contributed by atoms with E-state index < -0.39 is 0 Å². The number of rotatable bonds is 4. The van der Waals surface area contributed by atoms with Gasteiger partial charge in [-0.05, 0) is 44.1 Å². The molecule has 3 aliphatic rings. The summed E-state index contributed by atoms with van der Waals surface area (Å²) in [5, 5.41) is 1.57. The second-order valence-corrected chi connectivity index (χ2v) is 9.50. The van der Waals surface area contributed by atoms with E-state index in [4.69, 9.17) is 9.72 Å². The zero-order valence-electron chi connectivity index (χ0n) is 15.2. The van der Waals surface area contributed by atoms with Gasteiger partial charge in [-0.25, -0.2) is 4.98 Å². The van der Waals surface area contributed by atoms with Crippen LogP contribution in [0.15, 0.2) is 9.95 Å². The van der Waals surface area contributed by atoms with E-state index in [0.717, 1.165) is 47.5 Å². The average molecular weight is 406 g/mol. The minimum Gasteiger partial charge on any atom is -0.378 e. The highest BCUT2D eigenvalue weighted by Gasteiger charge is 2.31. The van der Waals surface area contributed by atoms with Gasteiger partial charge in [-0.2, -0.15) is 0 Å². The Hall–Kier alpha value is -1.38. The van der Waals surface area contributed by atoms with E-state index in [0.29, 0.717) is 32.1 Å². The molecule has 0 unspecified atom stereocenters. The van der Waals surface area contributed by atoms with E-state index in [-0.39, 0.29) is 17.5 Å². The molecule has 3 heterocycles. The first-order valence-corrected chi connectivity index (χ1v) is 11.6. The second kappa shape index (κ2) is 7.22. The Morgan fingerprint density at radius 2 is 2.00 bits per heavy atom. The predicted molar refractivity (Wildman–Crippen MR) is 107 cm³/mol. The van der Waals surface area contributed by atoms with E-state index in [2.05, 4.69) is 0 Å². The molecule has 144 valence electrons. The first-order chi connectivity index (χ1) is 13.2. The van der Waals surface area contributed by atoms with Crippen molar-refractivity contribution in [1.82, 2.24) is 14.5 Å². The molecule has 1 aliphatic heterocycles. The largest absolute Gasteiger partial charge is 0.378 e. The minimum atomic E-state index is 0.102. The van der Waals surface area contributed by atoms with Crippen LogP contribution >= 0.6 is 23.1 Å². The van der Waals surface area contributed by atoms with Crippen LogP contribution in [-0.4, -0.2) is 52.4 Å². The SMILES string of the molecule is O=C(CSc1nc2sc3c(c2c(=O)n1C1CC1)CCCC3)N1CCOCC1. The van der Waals surface area contributed by atoms with Gasteiger partial charge in [-0.15, -0.1) is 11.3 Å². The highest BCUT2D eigenvalue weighted by molar-refractivity contribution is 7.99. The molecule has 1 saturated carbocycles. The molecule has 5 rings (SSSR count). The van der Waals surface area contributed by atoms with Gasteiger partial charge in [0.1, 0.15) is 4.83 Å². The predicted octanol–water partition coefficient (Wildman–Crippen LogP) is 2.62. The van der Waals surface area contributed by atoms with Gasteiger partial charge in [0.05, 0.1) is 24.4 Å². The number of fused-ring (bicyclic) bond motifs is 3. The summed E-state index contributed by atoms with van der Waals surface area (Å²) in [6.45, 7) is 2.51. The van der Waals surface area contributed by atoms with Crippen LogP contribution in [0, 0.1) is 0 Å². The maximum absolute atomic E-state index is 13.3. The summed E-state index contributed by atoms with van der Waals surface area (Å²) in [4.78, 5) is 34.7. The van der Waals surface area contributed by atoms with Gasteiger partial charge in [0, 0.05) is 24.0 Å². The first-order valence-electron chi connectivity index (χ1n) is 9.77. The molecule has 0 N–H and O–H groups in total. The average Bonchev–Trinajstić information content (AvgIpc) is 3.46. The normalized spacial score (nSPS) is 20.1. The molecule has 2 aromatic heterocycles. The number of nitrogens with zero attached hydrogens (tertiary/aromatic N) is 3. The van der Waals surface area contributed by atoms with Crippen LogP contribution in [-0.2, 0) is 22.4 Å². The lowest BCUT2D eigenvalue weighted by Gasteiger charge is -2.26. The third-order valence-electron chi connectivity index (χ3n) is 5.59. The summed E-state index contributed by atoms with van der Waals surface area (Å²) in [7, 11) is 0. The Morgan fingerprint density at radius 1 is 1.22 bits per heavy atom. The van der Waals surface area contributed by atoms with Crippen LogP contribution in [0.3, 0.4) is 0 Å². The minimum absolute atomic E-state index is 0.102. The molecule has 2 aliphatic carbocycles. The lowest BCUT2D eigenvalue weighted by Crippen LogP contribution is -2.41. The summed E-state index contributed by atoms with van der Waals surface area (Å²) in [6.07, 6.45) is 6.49. The number of morpholine rings is 1. The van der Waals surface area contributed by atoms with Gasteiger partial charge in [0.2, 0.25) is 5.91 Å². The van der Waals surface area contributed by atoms with Gasteiger partial charge >= 0.3 is 0 Å². The molecule has 0 aromatic carbocycles. The van der Waals surface area contributed by atoms with Crippen molar-refractivity contribution in [3.63, 3.8) is 0 Å². The Kier molecular flexibility index (Phi) is 4.73. The van der Waals surface area contributed by atoms with Gasteiger partial charge < -0.3 is 9.64 Å². The van der Waals surface area contributed by atoms with E-state index >= 15 is 0 Å². The maximum Gasteiger partial charge on any atom is 0.263 e. The number of hydrogen-bond donors (Lipinski definition) is 0. The van der Waals surface area contributed by atoms with Crippen molar-refractivity contribution in [2.75, 3.05) is 32.1 Å². The Bertz CT molecular complexity index is 942. The number of ether oxygens (including phenoxy) is 1. The molecule has 1 saturated heterocycles. The van der Waals surface area contributed by atoms with Crippen LogP contribution in [0.2, 0.25) is 0 Å². The molecule has 0 spiro atoms. The smallest absolute Gasteiger partial charge is 0.263 e. The van der Waals surface area contributed by atoms with Gasteiger partial charge in [0.25, 0.3) is 5.56 Å². The number of thioether (sulfide) groups is 1. The standard InChI is InChI=1S/C19H23N3O3S2/c23-15(21-7-9-25-10-8-21)11-26-19-20-17-16(18(24)22(19)12-5-6-12)13-3-1-2-4-14(13)27-17/h12H,1-11H2. The van der Waals surface area contributed by atoms with Crippen LogP contribution in [0.4, 0.5) is 0 Å². The van der Waals surface area contributed by atoms with Crippen LogP contribution < -0.4 is 5.56 Å². The Labute approximate surface area is 165 Å². The molecule has 0 atom stereocenters. The summed E-state index contributed by atoms with van der Waals surface area (Å²) in [5.74, 6) is 0.431. The fourth-order valence-electron chi connectivity index (χ4n) is 3.99. The van der Waals surface area contributed by atoms with Crippen LogP contribution in [0.25, 0.3) is 10.2 Å².